The molecule has 1 heteroatoms. The highest BCUT2D eigenvalue weighted by Gasteiger charge is 2.07. The summed E-state index contributed by atoms with van der Waals surface area (Å²) in [5.41, 5.74) is 2.77. The lowest BCUT2D eigenvalue weighted by Crippen LogP contribution is -2.07. The lowest BCUT2D eigenvalue weighted by molar-refractivity contribution is 0.485. The van der Waals surface area contributed by atoms with Crippen LogP contribution in [0.2, 0.25) is 0 Å². The Morgan fingerprint density at radius 2 is 1.75 bits per heavy atom. The van der Waals surface area contributed by atoms with Crippen LogP contribution in [-0.4, -0.2) is 4.57 Å². The minimum absolute atomic E-state index is 0.657. The highest BCUT2D eigenvalue weighted by molar-refractivity contribution is 5.14. The molecule has 0 spiro atoms. The van der Waals surface area contributed by atoms with E-state index in [0.717, 1.165) is 0 Å². The number of hydrogen-bond acceptors (Lipinski definition) is 0. The van der Waals surface area contributed by atoms with Crippen LogP contribution in [0, 0.1) is 13.8 Å². The highest BCUT2D eigenvalue weighted by atomic mass is 15.0. The van der Waals surface area contributed by atoms with Gasteiger partial charge in [-0.15, -0.1) is 0 Å². The predicted molar refractivity (Wildman–Crippen MR) is 53.5 cm³/mol. The molecule has 0 aliphatic carbocycles. The van der Waals surface area contributed by atoms with Gasteiger partial charge in [0, 0.05) is 17.4 Å². The SMILES string of the molecule is CCCC(C)n1c(C)ccc1C. The Morgan fingerprint density at radius 1 is 1.25 bits per heavy atom. The van der Waals surface area contributed by atoms with Crippen molar-refractivity contribution < 1.29 is 0 Å². The normalized spacial score (nSPS) is 13.3. The van der Waals surface area contributed by atoms with E-state index >= 15 is 0 Å². The van der Waals surface area contributed by atoms with E-state index in [1.54, 1.807) is 0 Å². The zero-order valence-electron chi connectivity index (χ0n) is 8.59. The molecule has 1 aromatic heterocycles. The second-order valence-electron chi connectivity index (χ2n) is 3.62. The quantitative estimate of drug-likeness (QED) is 0.646. The Morgan fingerprint density at radius 3 is 2.17 bits per heavy atom. The van der Waals surface area contributed by atoms with E-state index in [-0.39, 0.29) is 0 Å². The number of aromatic nitrogens is 1. The van der Waals surface area contributed by atoms with Gasteiger partial charge in [-0.1, -0.05) is 13.3 Å². The smallest absolute Gasteiger partial charge is 0.0307 e. The first-order chi connectivity index (χ1) is 5.66. The van der Waals surface area contributed by atoms with Gasteiger partial charge in [0.05, 0.1) is 0 Å². The van der Waals surface area contributed by atoms with Crippen LogP contribution in [0.3, 0.4) is 0 Å². The maximum absolute atomic E-state index is 2.42. The van der Waals surface area contributed by atoms with Gasteiger partial charge in [-0.2, -0.15) is 0 Å². The molecule has 1 heterocycles. The van der Waals surface area contributed by atoms with E-state index in [2.05, 4.69) is 44.4 Å². The molecule has 12 heavy (non-hydrogen) atoms. The Labute approximate surface area is 75.4 Å². The lowest BCUT2D eigenvalue weighted by atomic mass is 10.2. The summed E-state index contributed by atoms with van der Waals surface area (Å²) in [6.45, 7) is 8.90. The van der Waals surface area contributed by atoms with Crippen molar-refractivity contribution in [2.75, 3.05) is 0 Å². The summed E-state index contributed by atoms with van der Waals surface area (Å²) in [6.07, 6.45) is 2.54. The Kier molecular flexibility index (Phi) is 2.96. The maximum Gasteiger partial charge on any atom is 0.0307 e. The van der Waals surface area contributed by atoms with Crippen LogP contribution < -0.4 is 0 Å². The van der Waals surface area contributed by atoms with Crippen LogP contribution in [0.1, 0.15) is 44.1 Å². The van der Waals surface area contributed by atoms with Gasteiger partial charge in [0.15, 0.2) is 0 Å². The fourth-order valence-electron chi connectivity index (χ4n) is 1.92. The average molecular weight is 165 g/mol. The van der Waals surface area contributed by atoms with Crippen LogP contribution in [0.4, 0.5) is 0 Å². The number of hydrogen-bond donors (Lipinski definition) is 0. The van der Waals surface area contributed by atoms with E-state index in [9.17, 15) is 0 Å². The Bertz CT molecular complexity index is 228. The number of nitrogens with zero attached hydrogens (tertiary/aromatic N) is 1. The average Bonchev–Trinajstić information content (AvgIpc) is 2.32. The lowest BCUT2D eigenvalue weighted by Gasteiger charge is -2.17. The molecule has 0 aliphatic heterocycles. The topological polar surface area (TPSA) is 4.93 Å². The zero-order chi connectivity index (χ0) is 9.14. The molecule has 0 N–H and O–H groups in total. The third kappa shape index (κ3) is 1.71. The molecule has 0 bridgehead atoms. The molecule has 1 aromatic rings. The second kappa shape index (κ2) is 3.79. The second-order valence-corrected chi connectivity index (χ2v) is 3.62. The van der Waals surface area contributed by atoms with Crippen molar-refractivity contribution in [1.29, 1.82) is 0 Å². The van der Waals surface area contributed by atoms with Crippen LogP contribution in [0.25, 0.3) is 0 Å². The fraction of sp³-hybridized carbons (Fsp3) is 0.636. The first kappa shape index (κ1) is 9.37. The molecule has 0 saturated heterocycles. The van der Waals surface area contributed by atoms with Crippen LogP contribution in [0.5, 0.6) is 0 Å². The summed E-state index contributed by atoms with van der Waals surface area (Å²) >= 11 is 0. The molecule has 0 fully saturated rings. The highest BCUT2D eigenvalue weighted by Crippen LogP contribution is 2.19. The zero-order valence-corrected chi connectivity index (χ0v) is 8.59. The minimum Gasteiger partial charge on any atom is -0.346 e. The first-order valence-electron chi connectivity index (χ1n) is 4.81. The minimum atomic E-state index is 0.657. The van der Waals surface area contributed by atoms with Crippen LogP contribution >= 0.6 is 0 Å². The van der Waals surface area contributed by atoms with Crippen molar-refractivity contribution in [1.82, 2.24) is 4.57 Å². The summed E-state index contributed by atoms with van der Waals surface area (Å²) < 4.78 is 2.42. The molecule has 0 radical (unpaired) electrons. The maximum atomic E-state index is 2.42. The van der Waals surface area contributed by atoms with Crippen molar-refractivity contribution in [3.63, 3.8) is 0 Å². The largest absolute Gasteiger partial charge is 0.346 e. The van der Waals surface area contributed by atoms with Crippen molar-refractivity contribution in [3.8, 4) is 0 Å². The summed E-state index contributed by atoms with van der Waals surface area (Å²) in [6, 6.07) is 5.05. The third-order valence-corrected chi connectivity index (χ3v) is 2.47. The summed E-state index contributed by atoms with van der Waals surface area (Å²) in [7, 11) is 0. The molecular weight excluding hydrogens is 146 g/mol. The van der Waals surface area contributed by atoms with E-state index in [0.29, 0.717) is 6.04 Å². The van der Waals surface area contributed by atoms with Crippen molar-refractivity contribution in [2.24, 2.45) is 0 Å². The van der Waals surface area contributed by atoms with Crippen molar-refractivity contribution >= 4 is 0 Å². The Balaban J connectivity index is 2.85. The molecule has 1 atom stereocenters. The molecule has 1 unspecified atom stereocenters. The summed E-state index contributed by atoms with van der Waals surface area (Å²) in [5, 5.41) is 0. The summed E-state index contributed by atoms with van der Waals surface area (Å²) in [5.74, 6) is 0. The van der Waals surface area contributed by atoms with E-state index in [1.165, 1.54) is 24.2 Å². The van der Waals surface area contributed by atoms with Gasteiger partial charge in [0.1, 0.15) is 0 Å². The van der Waals surface area contributed by atoms with Gasteiger partial charge in [-0.25, -0.2) is 0 Å². The predicted octanol–water partition coefficient (Wildman–Crippen LogP) is 3.47. The monoisotopic (exact) mass is 165 g/mol. The molecule has 68 valence electrons. The van der Waals surface area contributed by atoms with E-state index in [4.69, 9.17) is 0 Å². The number of rotatable bonds is 3. The molecule has 0 aromatic carbocycles. The molecule has 0 aliphatic rings. The van der Waals surface area contributed by atoms with Gasteiger partial charge >= 0.3 is 0 Å². The van der Waals surface area contributed by atoms with Crippen molar-refractivity contribution in [2.45, 2.75) is 46.6 Å². The molecule has 1 nitrogen and oxygen atoms in total. The molecule has 0 saturated carbocycles. The van der Waals surface area contributed by atoms with Gasteiger partial charge in [0.2, 0.25) is 0 Å². The molecule has 0 amide bonds. The summed E-state index contributed by atoms with van der Waals surface area (Å²) in [4.78, 5) is 0. The van der Waals surface area contributed by atoms with Crippen LogP contribution in [0.15, 0.2) is 12.1 Å². The van der Waals surface area contributed by atoms with Gasteiger partial charge < -0.3 is 4.57 Å². The van der Waals surface area contributed by atoms with Gasteiger partial charge in [-0.05, 0) is 39.3 Å². The van der Waals surface area contributed by atoms with Gasteiger partial charge in [0.25, 0.3) is 0 Å². The van der Waals surface area contributed by atoms with Crippen LogP contribution in [-0.2, 0) is 0 Å². The van der Waals surface area contributed by atoms with E-state index in [1.807, 2.05) is 0 Å². The Hall–Kier alpha value is -0.720. The van der Waals surface area contributed by atoms with E-state index < -0.39 is 0 Å². The molecular formula is C11H19N. The first-order valence-corrected chi connectivity index (χ1v) is 4.81. The van der Waals surface area contributed by atoms with Gasteiger partial charge in [-0.3, -0.25) is 0 Å². The third-order valence-electron chi connectivity index (χ3n) is 2.47. The standard InChI is InChI=1S/C11H19N/c1-5-6-9(2)12-10(3)7-8-11(12)4/h7-9H,5-6H2,1-4H3. The molecule has 1 rings (SSSR count). The fourth-order valence-corrected chi connectivity index (χ4v) is 1.92. The van der Waals surface area contributed by atoms with Crippen molar-refractivity contribution in [3.05, 3.63) is 23.5 Å². The number of aryl methyl sites for hydroxylation is 2.